The van der Waals surface area contributed by atoms with Gasteiger partial charge in [-0.2, -0.15) is 13.2 Å². The molecule has 0 saturated heterocycles. The van der Waals surface area contributed by atoms with E-state index in [0.717, 1.165) is 6.07 Å². The van der Waals surface area contributed by atoms with Gasteiger partial charge < -0.3 is 10.5 Å². The zero-order valence-corrected chi connectivity index (χ0v) is 12.1. The summed E-state index contributed by atoms with van der Waals surface area (Å²) in [5, 5.41) is 0.564. The molecule has 0 fully saturated rings. The fourth-order valence-corrected chi connectivity index (χ4v) is 2.09. The Morgan fingerprint density at radius 1 is 1.10 bits per heavy atom. The van der Waals surface area contributed by atoms with Crippen molar-refractivity contribution in [3.8, 4) is 5.75 Å². The quantitative estimate of drug-likeness (QED) is 0.785. The molecule has 0 bridgehead atoms. The number of nitrogen functional groups attached to an aromatic ring is 1. The average Bonchev–Trinajstić information content (AvgIpc) is 2.40. The van der Waals surface area contributed by atoms with Gasteiger partial charge in [0.1, 0.15) is 12.4 Å². The van der Waals surface area contributed by atoms with Crippen molar-refractivity contribution in [3.05, 3.63) is 57.6 Å². The Labute approximate surface area is 129 Å². The van der Waals surface area contributed by atoms with Crippen molar-refractivity contribution >= 4 is 28.9 Å². The Kier molecular flexibility index (Phi) is 4.54. The molecular formula is C14H10Cl2F3NO. The van der Waals surface area contributed by atoms with Crippen molar-refractivity contribution in [1.29, 1.82) is 0 Å². The fourth-order valence-electron chi connectivity index (χ4n) is 1.71. The van der Waals surface area contributed by atoms with Crippen molar-refractivity contribution in [2.45, 2.75) is 12.8 Å². The van der Waals surface area contributed by atoms with E-state index in [1.54, 1.807) is 18.2 Å². The van der Waals surface area contributed by atoms with E-state index in [1.165, 1.54) is 12.1 Å². The van der Waals surface area contributed by atoms with Crippen LogP contribution in [-0.4, -0.2) is 0 Å². The monoisotopic (exact) mass is 335 g/mol. The van der Waals surface area contributed by atoms with Gasteiger partial charge in [0.15, 0.2) is 0 Å². The van der Waals surface area contributed by atoms with Crippen molar-refractivity contribution in [3.63, 3.8) is 0 Å². The molecule has 0 aromatic heterocycles. The van der Waals surface area contributed by atoms with Gasteiger partial charge in [-0.25, -0.2) is 0 Å². The number of nitrogens with two attached hydrogens (primary N) is 1. The molecule has 112 valence electrons. The average molecular weight is 336 g/mol. The minimum absolute atomic E-state index is 0.00969. The highest BCUT2D eigenvalue weighted by molar-refractivity contribution is 6.42. The third kappa shape index (κ3) is 3.74. The van der Waals surface area contributed by atoms with Crippen LogP contribution in [0.5, 0.6) is 5.75 Å². The predicted octanol–water partition coefficient (Wildman–Crippen LogP) is 5.17. The summed E-state index contributed by atoms with van der Waals surface area (Å²) in [6.07, 6.45) is -4.55. The van der Waals surface area contributed by atoms with Gasteiger partial charge >= 0.3 is 6.18 Å². The molecule has 2 N–H and O–H groups in total. The third-order valence-electron chi connectivity index (χ3n) is 2.72. The molecule has 0 unspecified atom stereocenters. The summed E-state index contributed by atoms with van der Waals surface area (Å²) >= 11 is 11.8. The summed E-state index contributed by atoms with van der Waals surface area (Å²) in [5.74, 6) is -0.312. The van der Waals surface area contributed by atoms with E-state index < -0.39 is 11.7 Å². The zero-order chi connectivity index (χ0) is 15.6. The molecule has 0 amide bonds. The van der Waals surface area contributed by atoms with Crippen molar-refractivity contribution in [2.75, 3.05) is 5.73 Å². The van der Waals surface area contributed by atoms with Gasteiger partial charge in [0.2, 0.25) is 0 Å². The molecule has 21 heavy (non-hydrogen) atoms. The van der Waals surface area contributed by atoms with E-state index in [4.69, 9.17) is 33.7 Å². The molecule has 0 aliphatic rings. The molecule has 0 aliphatic heterocycles. The Bertz CT molecular complexity index is 659. The van der Waals surface area contributed by atoms with Gasteiger partial charge in [-0.3, -0.25) is 0 Å². The van der Waals surface area contributed by atoms with Crippen LogP contribution in [0.15, 0.2) is 36.4 Å². The first-order valence-corrected chi connectivity index (χ1v) is 6.57. The first-order valence-electron chi connectivity index (χ1n) is 5.81. The topological polar surface area (TPSA) is 35.2 Å². The fraction of sp³-hybridized carbons (Fsp3) is 0.143. The Hall–Kier alpha value is -1.59. The number of anilines is 1. The highest BCUT2D eigenvalue weighted by Crippen LogP contribution is 2.38. The maximum atomic E-state index is 12.9. The minimum atomic E-state index is -4.55. The van der Waals surface area contributed by atoms with Gasteiger partial charge in [0.05, 0.1) is 15.6 Å². The number of alkyl halides is 3. The van der Waals surface area contributed by atoms with E-state index in [1.807, 2.05) is 0 Å². The second kappa shape index (κ2) is 6.03. The van der Waals surface area contributed by atoms with Crippen LogP contribution < -0.4 is 10.5 Å². The number of ether oxygens (including phenoxy) is 1. The highest BCUT2D eigenvalue weighted by atomic mass is 35.5. The molecule has 7 heteroatoms. The smallest absolute Gasteiger partial charge is 0.420 e. The normalized spacial score (nSPS) is 11.5. The summed E-state index contributed by atoms with van der Waals surface area (Å²) in [6.45, 7) is -0.133. The van der Waals surface area contributed by atoms with Crippen LogP contribution in [0.3, 0.4) is 0 Å². The largest absolute Gasteiger partial charge is 0.488 e. The Balaban J connectivity index is 2.26. The van der Waals surface area contributed by atoms with Crippen LogP contribution in [0.2, 0.25) is 10.0 Å². The van der Waals surface area contributed by atoms with Gasteiger partial charge in [-0.15, -0.1) is 0 Å². The predicted molar refractivity (Wildman–Crippen MR) is 76.7 cm³/mol. The lowest BCUT2D eigenvalue weighted by molar-refractivity contribution is -0.139. The van der Waals surface area contributed by atoms with Crippen molar-refractivity contribution in [1.82, 2.24) is 0 Å². The summed E-state index contributed by atoms with van der Waals surface area (Å²) < 4.78 is 44.0. The van der Waals surface area contributed by atoms with Crippen LogP contribution in [0.4, 0.5) is 18.9 Å². The summed E-state index contributed by atoms with van der Waals surface area (Å²) in [5.41, 5.74) is 4.96. The molecule has 2 rings (SSSR count). The molecule has 2 aromatic rings. The molecule has 0 aliphatic carbocycles. The molecule has 0 radical (unpaired) electrons. The van der Waals surface area contributed by atoms with E-state index >= 15 is 0 Å². The van der Waals surface area contributed by atoms with Crippen LogP contribution in [0.25, 0.3) is 0 Å². The molecule has 0 saturated carbocycles. The lowest BCUT2D eigenvalue weighted by Crippen LogP contribution is -2.09. The standard InChI is InChI=1S/C14H10Cl2F3NO/c15-11-3-1-2-8(13(11)16)7-21-12-5-4-9(20)6-10(12)14(17,18)19/h1-6H,7,20H2. The number of benzene rings is 2. The van der Waals surface area contributed by atoms with Gasteiger partial charge in [-0.1, -0.05) is 35.3 Å². The van der Waals surface area contributed by atoms with Gasteiger partial charge in [0.25, 0.3) is 0 Å². The zero-order valence-electron chi connectivity index (χ0n) is 10.5. The van der Waals surface area contributed by atoms with Gasteiger partial charge in [-0.05, 0) is 24.3 Å². The van der Waals surface area contributed by atoms with E-state index in [9.17, 15) is 13.2 Å². The highest BCUT2D eigenvalue weighted by Gasteiger charge is 2.34. The SMILES string of the molecule is Nc1ccc(OCc2cccc(Cl)c2Cl)c(C(F)(F)F)c1. The third-order valence-corrected chi connectivity index (χ3v) is 3.58. The number of halogens is 5. The molecule has 0 atom stereocenters. The first kappa shape index (κ1) is 15.8. The maximum absolute atomic E-state index is 12.9. The Morgan fingerprint density at radius 3 is 2.48 bits per heavy atom. The lowest BCUT2D eigenvalue weighted by Gasteiger charge is -2.15. The first-order chi connectivity index (χ1) is 9.79. The van der Waals surface area contributed by atoms with E-state index in [2.05, 4.69) is 0 Å². The molecule has 2 nitrogen and oxygen atoms in total. The number of rotatable bonds is 3. The van der Waals surface area contributed by atoms with E-state index in [0.29, 0.717) is 10.6 Å². The van der Waals surface area contributed by atoms with Crippen LogP contribution in [0.1, 0.15) is 11.1 Å². The minimum Gasteiger partial charge on any atom is -0.488 e. The summed E-state index contributed by atoms with van der Waals surface area (Å²) in [7, 11) is 0. The molecule has 0 heterocycles. The summed E-state index contributed by atoms with van der Waals surface area (Å²) in [6, 6.07) is 8.19. The number of hydrogen-bond donors (Lipinski definition) is 1. The van der Waals surface area contributed by atoms with Crippen LogP contribution >= 0.6 is 23.2 Å². The molecule has 0 spiro atoms. The maximum Gasteiger partial charge on any atom is 0.420 e. The van der Waals surface area contributed by atoms with Crippen molar-refractivity contribution in [2.24, 2.45) is 0 Å². The number of hydrogen-bond acceptors (Lipinski definition) is 2. The lowest BCUT2D eigenvalue weighted by atomic mass is 10.1. The second-order valence-corrected chi connectivity index (χ2v) is 5.04. The second-order valence-electron chi connectivity index (χ2n) is 4.25. The summed E-state index contributed by atoms with van der Waals surface area (Å²) in [4.78, 5) is 0. The Morgan fingerprint density at radius 2 is 1.81 bits per heavy atom. The molecule has 2 aromatic carbocycles. The van der Waals surface area contributed by atoms with E-state index in [-0.39, 0.29) is 23.1 Å². The van der Waals surface area contributed by atoms with Crippen molar-refractivity contribution < 1.29 is 17.9 Å². The van der Waals surface area contributed by atoms with Crippen LogP contribution in [-0.2, 0) is 12.8 Å². The van der Waals surface area contributed by atoms with Gasteiger partial charge in [0, 0.05) is 11.3 Å². The van der Waals surface area contributed by atoms with Crippen LogP contribution in [0, 0.1) is 0 Å². The molecular weight excluding hydrogens is 326 g/mol.